The molecule has 0 N–H and O–H groups in total. The summed E-state index contributed by atoms with van der Waals surface area (Å²) in [6.45, 7) is 1.96. The van der Waals surface area contributed by atoms with Gasteiger partial charge in [-0.3, -0.25) is 0 Å². The maximum atomic E-state index is 8.69. The van der Waals surface area contributed by atoms with Crippen LogP contribution in [0.1, 0.15) is 11.3 Å². The molecular formula is C11H8N2S2. The number of aromatic nitrogens is 1. The molecule has 2 nitrogen and oxygen atoms in total. The fraction of sp³-hybridized carbons (Fsp3) is 0.0909. The topological polar surface area (TPSA) is 36.7 Å². The molecule has 4 heteroatoms. The van der Waals surface area contributed by atoms with Crippen molar-refractivity contribution in [1.82, 2.24) is 4.98 Å². The molecular weight excluding hydrogens is 224 g/mol. The van der Waals surface area contributed by atoms with Gasteiger partial charge in [0.05, 0.1) is 22.2 Å². The molecule has 1 aromatic carbocycles. The Kier molecular flexibility index (Phi) is 2.76. The van der Waals surface area contributed by atoms with Crippen LogP contribution in [0.4, 0.5) is 0 Å². The van der Waals surface area contributed by atoms with E-state index in [9.17, 15) is 0 Å². The fourth-order valence-corrected chi connectivity index (χ4v) is 2.58. The lowest BCUT2D eigenvalue weighted by Crippen LogP contribution is -1.78. The molecule has 0 saturated carbocycles. The van der Waals surface area contributed by atoms with Crippen molar-refractivity contribution in [3.05, 3.63) is 35.5 Å². The van der Waals surface area contributed by atoms with E-state index in [4.69, 9.17) is 5.26 Å². The van der Waals surface area contributed by atoms with Crippen LogP contribution < -0.4 is 0 Å². The zero-order valence-corrected chi connectivity index (χ0v) is 9.77. The number of hydrogen-bond donors (Lipinski definition) is 1. The van der Waals surface area contributed by atoms with Crippen molar-refractivity contribution < 1.29 is 0 Å². The third kappa shape index (κ3) is 2.04. The summed E-state index contributed by atoms with van der Waals surface area (Å²) in [6.07, 6.45) is 0. The molecule has 0 bridgehead atoms. The van der Waals surface area contributed by atoms with Crippen LogP contribution >= 0.6 is 24.0 Å². The van der Waals surface area contributed by atoms with Gasteiger partial charge >= 0.3 is 0 Å². The van der Waals surface area contributed by atoms with Gasteiger partial charge in [-0.25, -0.2) is 4.98 Å². The minimum Gasteiger partial charge on any atom is -0.235 e. The lowest BCUT2D eigenvalue weighted by Gasteiger charge is -1.97. The first-order chi connectivity index (χ1) is 7.20. The summed E-state index contributed by atoms with van der Waals surface area (Å²) in [7, 11) is 0. The van der Waals surface area contributed by atoms with Crippen molar-refractivity contribution in [1.29, 1.82) is 5.26 Å². The third-order valence-electron chi connectivity index (χ3n) is 2.06. The first kappa shape index (κ1) is 10.2. The Balaban J connectivity index is 2.46. The van der Waals surface area contributed by atoms with E-state index in [1.165, 1.54) is 0 Å². The van der Waals surface area contributed by atoms with Crippen LogP contribution in [0.5, 0.6) is 0 Å². The van der Waals surface area contributed by atoms with Gasteiger partial charge in [-0.1, -0.05) is 12.1 Å². The normalized spacial score (nSPS) is 9.93. The predicted molar refractivity (Wildman–Crippen MR) is 64.3 cm³/mol. The predicted octanol–water partition coefficient (Wildman–Crippen LogP) is 3.28. The van der Waals surface area contributed by atoms with Crippen molar-refractivity contribution in [2.45, 2.75) is 11.3 Å². The van der Waals surface area contributed by atoms with Gasteiger partial charge in [-0.2, -0.15) is 5.26 Å². The van der Waals surface area contributed by atoms with Gasteiger partial charge in [0, 0.05) is 0 Å². The van der Waals surface area contributed by atoms with Gasteiger partial charge in [0.15, 0.2) is 0 Å². The van der Waals surface area contributed by atoms with Gasteiger partial charge in [0.2, 0.25) is 0 Å². The van der Waals surface area contributed by atoms with E-state index in [0.29, 0.717) is 5.56 Å². The van der Waals surface area contributed by atoms with Crippen LogP contribution in [-0.2, 0) is 0 Å². The van der Waals surface area contributed by atoms with E-state index in [1.54, 1.807) is 11.3 Å². The molecule has 0 saturated heterocycles. The SMILES string of the molecule is Cc1nc(S)sc1-c1ccc(C#N)cc1. The molecule has 0 aliphatic heterocycles. The third-order valence-corrected chi connectivity index (χ3v) is 3.44. The van der Waals surface area contributed by atoms with Crippen LogP contribution in [0.25, 0.3) is 10.4 Å². The zero-order chi connectivity index (χ0) is 10.8. The molecule has 0 aliphatic rings. The van der Waals surface area contributed by atoms with Crippen molar-refractivity contribution in [3.63, 3.8) is 0 Å². The second kappa shape index (κ2) is 4.05. The Morgan fingerprint density at radius 3 is 2.47 bits per heavy atom. The van der Waals surface area contributed by atoms with E-state index in [1.807, 2.05) is 31.2 Å². The molecule has 0 unspecified atom stereocenters. The monoisotopic (exact) mass is 232 g/mol. The number of nitrogens with zero attached hydrogens (tertiary/aromatic N) is 2. The van der Waals surface area contributed by atoms with Gasteiger partial charge in [-0.15, -0.1) is 24.0 Å². The summed E-state index contributed by atoms with van der Waals surface area (Å²) in [5.74, 6) is 0. The molecule has 0 radical (unpaired) electrons. The Hall–Kier alpha value is -1.31. The maximum absolute atomic E-state index is 8.69. The Labute approximate surface area is 97.6 Å². The van der Waals surface area contributed by atoms with Gasteiger partial charge in [-0.05, 0) is 24.6 Å². The molecule has 0 atom stereocenters. The second-order valence-corrected chi connectivity index (χ2v) is 4.83. The fourth-order valence-electron chi connectivity index (χ4n) is 1.35. The van der Waals surface area contributed by atoms with Crippen LogP contribution in [0.2, 0.25) is 0 Å². The van der Waals surface area contributed by atoms with Crippen molar-refractivity contribution in [2.75, 3.05) is 0 Å². The number of hydrogen-bond acceptors (Lipinski definition) is 4. The smallest absolute Gasteiger partial charge is 0.147 e. The molecule has 2 aromatic rings. The van der Waals surface area contributed by atoms with Crippen LogP contribution in [-0.4, -0.2) is 4.98 Å². The molecule has 2 rings (SSSR count). The number of nitriles is 1. The number of rotatable bonds is 1. The average molecular weight is 232 g/mol. The Morgan fingerprint density at radius 2 is 2.00 bits per heavy atom. The van der Waals surface area contributed by atoms with E-state index in [0.717, 1.165) is 20.5 Å². The first-order valence-corrected chi connectivity index (χ1v) is 5.64. The zero-order valence-electron chi connectivity index (χ0n) is 8.06. The molecule has 0 aliphatic carbocycles. The average Bonchev–Trinajstić information content (AvgIpc) is 2.58. The molecule has 0 spiro atoms. The minimum absolute atomic E-state index is 0.673. The lowest BCUT2D eigenvalue weighted by atomic mass is 10.1. The second-order valence-electron chi connectivity index (χ2n) is 3.10. The maximum Gasteiger partial charge on any atom is 0.147 e. The van der Waals surface area contributed by atoms with E-state index in [2.05, 4.69) is 23.7 Å². The van der Waals surface area contributed by atoms with Crippen LogP contribution in [0.15, 0.2) is 28.6 Å². The Morgan fingerprint density at radius 1 is 1.33 bits per heavy atom. The standard InChI is InChI=1S/C11H8N2S2/c1-7-10(15-11(14)13-7)9-4-2-8(6-12)3-5-9/h2-5H,1H3,(H,13,14). The number of thiol groups is 1. The van der Waals surface area contributed by atoms with Gasteiger partial charge in [0.1, 0.15) is 4.34 Å². The van der Waals surface area contributed by atoms with Crippen molar-refractivity contribution >= 4 is 24.0 Å². The first-order valence-electron chi connectivity index (χ1n) is 4.37. The highest BCUT2D eigenvalue weighted by Crippen LogP contribution is 2.31. The summed E-state index contributed by atoms with van der Waals surface area (Å²) >= 11 is 5.77. The van der Waals surface area contributed by atoms with Crippen LogP contribution in [0, 0.1) is 18.3 Å². The van der Waals surface area contributed by atoms with E-state index >= 15 is 0 Å². The summed E-state index contributed by atoms with van der Waals surface area (Å²) in [5.41, 5.74) is 2.74. The summed E-state index contributed by atoms with van der Waals surface area (Å²) in [6, 6.07) is 9.60. The van der Waals surface area contributed by atoms with Crippen molar-refractivity contribution in [3.8, 4) is 16.5 Å². The van der Waals surface area contributed by atoms with Crippen molar-refractivity contribution in [2.24, 2.45) is 0 Å². The molecule has 1 heterocycles. The number of aryl methyl sites for hydroxylation is 1. The summed E-state index contributed by atoms with van der Waals surface area (Å²) in [4.78, 5) is 5.36. The number of thiazole rings is 1. The number of benzene rings is 1. The summed E-state index contributed by atoms with van der Waals surface area (Å²) in [5, 5.41) is 8.69. The highest BCUT2D eigenvalue weighted by atomic mass is 32.2. The largest absolute Gasteiger partial charge is 0.235 e. The van der Waals surface area contributed by atoms with E-state index < -0.39 is 0 Å². The van der Waals surface area contributed by atoms with Gasteiger partial charge < -0.3 is 0 Å². The minimum atomic E-state index is 0.673. The Bertz CT molecular complexity index is 521. The highest BCUT2D eigenvalue weighted by molar-refractivity contribution is 7.82. The molecule has 0 amide bonds. The lowest BCUT2D eigenvalue weighted by molar-refractivity contribution is 1.17. The highest BCUT2D eigenvalue weighted by Gasteiger charge is 2.07. The molecule has 0 fully saturated rings. The molecule has 1 aromatic heterocycles. The molecule has 15 heavy (non-hydrogen) atoms. The summed E-state index contributed by atoms with van der Waals surface area (Å²) < 4.78 is 0.770. The quantitative estimate of drug-likeness (QED) is 0.766. The molecule has 74 valence electrons. The van der Waals surface area contributed by atoms with E-state index in [-0.39, 0.29) is 0 Å². The van der Waals surface area contributed by atoms with Crippen LogP contribution in [0.3, 0.4) is 0 Å². The van der Waals surface area contributed by atoms with Gasteiger partial charge in [0.25, 0.3) is 0 Å².